The quantitative estimate of drug-likeness (QED) is 0.829. The first kappa shape index (κ1) is 12.7. The molecule has 2 rings (SSSR count). The van der Waals surface area contributed by atoms with Crippen molar-refractivity contribution < 1.29 is 12.8 Å². The van der Waals surface area contributed by atoms with E-state index in [-0.39, 0.29) is 0 Å². The molecule has 0 saturated heterocycles. The van der Waals surface area contributed by atoms with Gasteiger partial charge >= 0.3 is 0 Å². The van der Waals surface area contributed by atoms with Gasteiger partial charge in [0.05, 0.1) is 4.90 Å². The Labute approximate surface area is 104 Å². The van der Waals surface area contributed by atoms with Crippen LogP contribution in [-0.2, 0) is 15.3 Å². The summed E-state index contributed by atoms with van der Waals surface area (Å²) in [5.74, 6) is 0. The van der Waals surface area contributed by atoms with E-state index in [4.69, 9.17) is 4.18 Å². The van der Waals surface area contributed by atoms with Crippen LogP contribution in [0.25, 0.3) is 0 Å². The van der Waals surface area contributed by atoms with Gasteiger partial charge in [0.1, 0.15) is 12.3 Å². The highest BCUT2D eigenvalue weighted by atomic mass is 32.2. The third-order valence-corrected chi connectivity index (χ3v) is 4.13. The van der Waals surface area contributed by atoms with E-state index in [1.165, 1.54) is 0 Å². The van der Waals surface area contributed by atoms with Gasteiger partial charge in [0.2, 0.25) is 0 Å². The Morgan fingerprint density at radius 3 is 2.53 bits per heavy atom. The maximum absolute atomic E-state index is 13.5. The molecule has 1 aliphatic rings. The summed E-state index contributed by atoms with van der Waals surface area (Å²) in [6.45, 7) is 1.96. The third-order valence-electron chi connectivity index (χ3n) is 3.05. The zero-order chi connectivity index (χ0) is 12.3. The van der Waals surface area contributed by atoms with E-state index in [0.717, 1.165) is 18.4 Å². The van der Waals surface area contributed by atoms with Crippen molar-refractivity contribution in [2.45, 2.75) is 49.8 Å². The van der Waals surface area contributed by atoms with E-state index in [1.54, 1.807) is 12.1 Å². The van der Waals surface area contributed by atoms with Gasteiger partial charge in [-0.3, -0.25) is 4.18 Å². The van der Waals surface area contributed by atoms with Crippen LogP contribution in [0, 0.1) is 6.92 Å². The molecule has 0 aliphatic heterocycles. The molecule has 1 saturated carbocycles. The molecule has 3 unspecified atom stereocenters. The van der Waals surface area contributed by atoms with Crippen molar-refractivity contribution in [1.29, 1.82) is 0 Å². The van der Waals surface area contributed by atoms with Crippen molar-refractivity contribution in [3.8, 4) is 0 Å². The van der Waals surface area contributed by atoms with Crippen molar-refractivity contribution in [1.82, 2.24) is 0 Å². The van der Waals surface area contributed by atoms with Crippen molar-refractivity contribution in [2.75, 3.05) is 0 Å². The lowest BCUT2D eigenvalue weighted by Crippen LogP contribution is -2.29. The summed E-state index contributed by atoms with van der Waals surface area (Å²) in [7, 11) is 0. The molecule has 2 nitrogen and oxygen atoms in total. The Bertz CT molecular complexity index is 391. The van der Waals surface area contributed by atoms with Crippen LogP contribution in [0.3, 0.4) is 0 Å². The van der Waals surface area contributed by atoms with Crippen molar-refractivity contribution in [3.63, 3.8) is 0 Å². The van der Waals surface area contributed by atoms with Crippen LogP contribution in [0.1, 0.15) is 31.2 Å². The van der Waals surface area contributed by atoms with E-state index in [9.17, 15) is 8.60 Å². The molecule has 0 amide bonds. The fraction of sp³-hybridized carbons (Fsp3) is 0.538. The molecule has 0 spiro atoms. The van der Waals surface area contributed by atoms with Gasteiger partial charge in [0, 0.05) is 0 Å². The van der Waals surface area contributed by atoms with Gasteiger partial charge in [-0.15, -0.1) is 0 Å². The van der Waals surface area contributed by atoms with E-state index in [1.807, 2.05) is 19.1 Å². The Balaban J connectivity index is 1.98. The summed E-state index contributed by atoms with van der Waals surface area (Å²) in [6, 6.07) is 7.29. The smallest absolute Gasteiger partial charge is 0.189 e. The minimum Gasteiger partial charge on any atom is -0.280 e. The number of aryl methyl sites for hydroxylation is 1. The first-order valence-electron chi connectivity index (χ1n) is 5.96. The highest BCUT2D eigenvalue weighted by Gasteiger charge is 2.27. The summed E-state index contributed by atoms with van der Waals surface area (Å²) < 4.78 is 30.7. The molecule has 3 atom stereocenters. The lowest BCUT2D eigenvalue weighted by Gasteiger charge is -2.24. The summed E-state index contributed by atoms with van der Waals surface area (Å²) in [4.78, 5) is 0.605. The molecule has 0 radical (unpaired) electrons. The highest BCUT2D eigenvalue weighted by Crippen LogP contribution is 2.25. The number of halogens is 1. The molecule has 1 fully saturated rings. The normalized spacial score (nSPS) is 26.7. The second-order valence-corrected chi connectivity index (χ2v) is 5.62. The van der Waals surface area contributed by atoms with Gasteiger partial charge in [0.25, 0.3) is 0 Å². The number of hydrogen-bond donors (Lipinski definition) is 0. The summed E-state index contributed by atoms with van der Waals surface area (Å²) in [5.41, 5.74) is 1.10. The molecule has 0 N–H and O–H groups in total. The molecule has 94 valence electrons. The fourth-order valence-corrected chi connectivity index (χ4v) is 2.89. The average molecular weight is 256 g/mol. The van der Waals surface area contributed by atoms with Crippen molar-refractivity contribution in [3.05, 3.63) is 29.8 Å². The number of rotatable bonds is 3. The fourth-order valence-electron chi connectivity index (χ4n) is 1.98. The van der Waals surface area contributed by atoms with Gasteiger partial charge < -0.3 is 0 Å². The Morgan fingerprint density at radius 2 is 1.88 bits per heavy atom. The summed E-state index contributed by atoms with van der Waals surface area (Å²) in [5, 5.41) is 0. The Morgan fingerprint density at radius 1 is 1.24 bits per heavy atom. The molecule has 1 aromatic carbocycles. The largest absolute Gasteiger partial charge is 0.280 e. The van der Waals surface area contributed by atoms with Crippen LogP contribution in [0.15, 0.2) is 29.2 Å². The first-order chi connectivity index (χ1) is 8.16. The number of alkyl halides is 1. The standard InChI is InChI=1S/C13H17FO2S/c1-10-6-8-11(9-7-10)17(15)16-13-5-3-2-4-12(13)14/h6-9,12-13H,2-5H2,1H3. The van der Waals surface area contributed by atoms with E-state index >= 15 is 0 Å². The van der Waals surface area contributed by atoms with Crippen LogP contribution in [0.5, 0.6) is 0 Å². The number of benzene rings is 1. The van der Waals surface area contributed by atoms with Crippen LogP contribution >= 0.6 is 0 Å². The predicted molar refractivity (Wildman–Crippen MR) is 65.8 cm³/mol. The third kappa shape index (κ3) is 3.36. The van der Waals surface area contributed by atoms with Gasteiger partial charge in [-0.2, -0.15) is 0 Å². The predicted octanol–water partition coefficient (Wildman–Crippen LogP) is 3.31. The van der Waals surface area contributed by atoms with Crippen LogP contribution < -0.4 is 0 Å². The molecular weight excluding hydrogens is 239 g/mol. The van der Waals surface area contributed by atoms with E-state index in [2.05, 4.69) is 0 Å². The molecule has 1 aliphatic carbocycles. The SMILES string of the molecule is Cc1ccc(S(=O)OC2CCCCC2F)cc1. The maximum atomic E-state index is 13.5. The minimum atomic E-state index is -1.55. The molecular formula is C13H17FO2S. The topological polar surface area (TPSA) is 26.3 Å². The van der Waals surface area contributed by atoms with E-state index in [0.29, 0.717) is 17.7 Å². The lowest BCUT2D eigenvalue weighted by molar-refractivity contribution is 0.0749. The molecule has 0 aromatic heterocycles. The molecule has 0 heterocycles. The average Bonchev–Trinajstić information content (AvgIpc) is 2.33. The van der Waals surface area contributed by atoms with Crippen LogP contribution in [0.2, 0.25) is 0 Å². The second-order valence-electron chi connectivity index (χ2n) is 4.48. The zero-order valence-electron chi connectivity index (χ0n) is 9.90. The highest BCUT2D eigenvalue weighted by molar-refractivity contribution is 7.80. The monoisotopic (exact) mass is 256 g/mol. The van der Waals surface area contributed by atoms with Crippen LogP contribution in [0.4, 0.5) is 4.39 Å². The lowest BCUT2D eigenvalue weighted by atomic mass is 9.96. The van der Waals surface area contributed by atoms with Gasteiger partial charge in [-0.25, -0.2) is 8.60 Å². The molecule has 0 bridgehead atoms. The first-order valence-corrected chi connectivity index (χ1v) is 7.04. The molecule has 17 heavy (non-hydrogen) atoms. The minimum absolute atomic E-state index is 0.508. The van der Waals surface area contributed by atoms with E-state index < -0.39 is 23.4 Å². The van der Waals surface area contributed by atoms with Crippen molar-refractivity contribution in [2.24, 2.45) is 0 Å². The number of hydrogen-bond acceptors (Lipinski definition) is 2. The van der Waals surface area contributed by atoms with Crippen molar-refractivity contribution >= 4 is 11.1 Å². The van der Waals surface area contributed by atoms with Gasteiger partial charge in [-0.1, -0.05) is 30.5 Å². The van der Waals surface area contributed by atoms with Gasteiger partial charge in [0.15, 0.2) is 11.1 Å². The molecule has 4 heteroatoms. The van der Waals surface area contributed by atoms with Crippen LogP contribution in [-0.4, -0.2) is 16.5 Å². The maximum Gasteiger partial charge on any atom is 0.189 e. The Hall–Kier alpha value is -0.740. The second kappa shape index (κ2) is 5.74. The zero-order valence-corrected chi connectivity index (χ0v) is 10.7. The Kier molecular flexibility index (Phi) is 4.29. The summed E-state index contributed by atoms with van der Waals surface area (Å²) in [6.07, 6.45) is 1.56. The molecule has 1 aromatic rings. The summed E-state index contributed by atoms with van der Waals surface area (Å²) >= 11 is -1.55. The van der Waals surface area contributed by atoms with Gasteiger partial charge in [-0.05, 0) is 31.9 Å².